The fraction of sp³-hybridized carbons (Fsp3) is 0.250. The Hall–Kier alpha value is -1.36. The first kappa shape index (κ1) is 8.25. The topological polar surface area (TPSA) is 49.4 Å². The van der Waals surface area contributed by atoms with Crippen LogP contribution in [0.25, 0.3) is 0 Å². The van der Waals surface area contributed by atoms with E-state index in [0.717, 1.165) is 5.56 Å². The van der Waals surface area contributed by atoms with Crippen molar-refractivity contribution in [3.05, 3.63) is 22.4 Å². The van der Waals surface area contributed by atoms with Crippen LogP contribution in [0.3, 0.4) is 0 Å². The van der Waals surface area contributed by atoms with Crippen LogP contribution in [0.4, 0.5) is 4.79 Å². The molecule has 1 saturated heterocycles. The zero-order valence-corrected chi connectivity index (χ0v) is 7.63. The average molecular weight is 196 g/mol. The van der Waals surface area contributed by atoms with Crippen LogP contribution in [0.1, 0.15) is 5.56 Å². The lowest BCUT2D eigenvalue weighted by Gasteiger charge is -2.10. The molecule has 0 radical (unpaired) electrons. The second-order valence-corrected chi connectivity index (χ2v) is 3.62. The fourth-order valence-corrected chi connectivity index (χ4v) is 1.87. The highest BCUT2D eigenvalue weighted by atomic mass is 32.1. The number of hydrogen-bond donors (Lipinski definition) is 1. The van der Waals surface area contributed by atoms with E-state index >= 15 is 0 Å². The predicted molar refractivity (Wildman–Crippen MR) is 48.3 cm³/mol. The summed E-state index contributed by atoms with van der Waals surface area (Å²) in [5.41, 5.74) is 1.06. The van der Waals surface area contributed by atoms with E-state index < -0.39 is 0 Å². The maximum atomic E-state index is 11.1. The third-order valence-electron chi connectivity index (χ3n) is 1.82. The zero-order chi connectivity index (χ0) is 9.26. The summed E-state index contributed by atoms with van der Waals surface area (Å²) in [6.07, 6.45) is 0. The molecular formula is C8H8N2O2S. The summed E-state index contributed by atoms with van der Waals surface area (Å²) in [5, 5.41) is 6.15. The summed E-state index contributed by atoms with van der Waals surface area (Å²) in [4.78, 5) is 23.4. The van der Waals surface area contributed by atoms with E-state index in [2.05, 4.69) is 5.32 Å². The van der Waals surface area contributed by atoms with Crippen LogP contribution in [-0.2, 0) is 11.3 Å². The summed E-state index contributed by atoms with van der Waals surface area (Å²) < 4.78 is 0. The maximum absolute atomic E-state index is 11.1. The monoisotopic (exact) mass is 196 g/mol. The summed E-state index contributed by atoms with van der Waals surface area (Å²) in [6.45, 7) is 0.690. The number of imide groups is 1. The number of nitrogens with zero attached hydrogens (tertiary/aromatic N) is 1. The first-order valence-corrected chi connectivity index (χ1v) is 4.80. The molecule has 0 spiro atoms. The van der Waals surface area contributed by atoms with E-state index in [1.807, 2.05) is 16.8 Å². The molecule has 2 rings (SSSR count). The second-order valence-electron chi connectivity index (χ2n) is 2.84. The number of hydrogen-bond acceptors (Lipinski definition) is 3. The molecule has 4 nitrogen and oxygen atoms in total. The highest BCUT2D eigenvalue weighted by Crippen LogP contribution is 2.11. The molecule has 1 aliphatic heterocycles. The largest absolute Gasteiger partial charge is 0.324 e. The lowest BCUT2D eigenvalue weighted by atomic mass is 10.3. The molecule has 1 N–H and O–H groups in total. The molecule has 0 bridgehead atoms. The van der Waals surface area contributed by atoms with Gasteiger partial charge in [0.2, 0.25) is 5.91 Å². The van der Waals surface area contributed by atoms with Gasteiger partial charge in [0.05, 0.1) is 0 Å². The van der Waals surface area contributed by atoms with Crippen LogP contribution in [0.2, 0.25) is 0 Å². The summed E-state index contributed by atoms with van der Waals surface area (Å²) in [6, 6.07) is 1.65. The quantitative estimate of drug-likeness (QED) is 0.711. The Morgan fingerprint density at radius 2 is 2.38 bits per heavy atom. The molecule has 2 heterocycles. The van der Waals surface area contributed by atoms with Gasteiger partial charge in [-0.2, -0.15) is 11.3 Å². The van der Waals surface area contributed by atoms with Crippen molar-refractivity contribution >= 4 is 23.3 Å². The SMILES string of the molecule is O=C1CN(Cc2ccsc2)C(=O)N1. The van der Waals surface area contributed by atoms with Crippen molar-refractivity contribution in [1.29, 1.82) is 0 Å². The standard InChI is InChI=1S/C8H8N2O2S/c11-7-4-10(8(12)9-7)3-6-1-2-13-5-6/h1-2,5H,3-4H2,(H,9,11,12). The number of thiophene rings is 1. The van der Waals surface area contributed by atoms with Crippen molar-refractivity contribution in [3.8, 4) is 0 Å². The Morgan fingerprint density at radius 3 is 2.92 bits per heavy atom. The second kappa shape index (κ2) is 3.18. The Bertz CT molecular complexity index is 334. The highest BCUT2D eigenvalue weighted by Gasteiger charge is 2.26. The Kier molecular flexibility index (Phi) is 2.02. The molecule has 1 fully saturated rings. The zero-order valence-electron chi connectivity index (χ0n) is 6.82. The van der Waals surface area contributed by atoms with Gasteiger partial charge in [-0.1, -0.05) is 0 Å². The molecule has 68 valence electrons. The van der Waals surface area contributed by atoms with E-state index in [-0.39, 0.29) is 18.5 Å². The van der Waals surface area contributed by atoms with Crippen molar-refractivity contribution in [2.75, 3.05) is 6.54 Å². The molecule has 0 saturated carbocycles. The molecule has 5 heteroatoms. The van der Waals surface area contributed by atoms with Crippen LogP contribution in [-0.4, -0.2) is 23.4 Å². The van der Waals surface area contributed by atoms with E-state index in [1.165, 1.54) is 4.90 Å². The lowest BCUT2D eigenvalue weighted by Crippen LogP contribution is -2.27. The first-order valence-electron chi connectivity index (χ1n) is 3.85. The normalized spacial score (nSPS) is 16.5. The molecule has 1 aromatic rings. The van der Waals surface area contributed by atoms with Gasteiger partial charge in [-0.3, -0.25) is 10.1 Å². The van der Waals surface area contributed by atoms with E-state index in [9.17, 15) is 9.59 Å². The fourth-order valence-electron chi connectivity index (χ4n) is 1.21. The van der Waals surface area contributed by atoms with Gasteiger partial charge in [0.25, 0.3) is 0 Å². The van der Waals surface area contributed by atoms with Crippen molar-refractivity contribution in [2.45, 2.75) is 6.54 Å². The first-order chi connectivity index (χ1) is 6.25. The van der Waals surface area contributed by atoms with Crippen LogP contribution in [0, 0.1) is 0 Å². The van der Waals surface area contributed by atoms with E-state index in [0.29, 0.717) is 6.54 Å². The van der Waals surface area contributed by atoms with Crippen LogP contribution >= 0.6 is 11.3 Å². The molecule has 13 heavy (non-hydrogen) atoms. The summed E-state index contributed by atoms with van der Waals surface area (Å²) >= 11 is 1.58. The van der Waals surface area contributed by atoms with Crippen molar-refractivity contribution in [2.24, 2.45) is 0 Å². The molecule has 0 atom stereocenters. The average Bonchev–Trinajstić information content (AvgIpc) is 2.63. The number of carbonyl (C=O) groups excluding carboxylic acids is 2. The third-order valence-corrected chi connectivity index (χ3v) is 2.55. The number of carbonyl (C=O) groups is 2. The van der Waals surface area contributed by atoms with E-state index in [4.69, 9.17) is 0 Å². The van der Waals surface area contributed by atoms with Crippen LogP contribution < -0.4 is 5.32 Å². The molecule has 0 aliphatic carbocycles. The van der Waals surface area contributed by atoms with Gasteiger partial charge in [-0.05, 0) is 22.4 Å². The van der Waals surface area contributed by atoms with Gasteiger partial charge in [-0.25, -0.2) is 4.79 Å². The molecule has 0 aromatic carbocycles. The molecular weight excluding hydrogens is 188 g/mol. The number of amides is 3. The number of nitrogens with one attached hydrogen (secondary N) is 1. The van der Waals surface area contributed by atoms with Gasteiger partial charge < -0.3 is 4.90 Å². The van der Waals surface area contributed by atoms with Crippen LogP contribution in [0.5, 0.6) is 0 Å². The van der Waals surface area contributed by atoms with Gasteiger partial charge in [-0.15, -0.1) is 0 Å². The summed E-state index contributed by atoms with van der Waals surface area (Å²) in [5.74, 6) is -0.222. The number of urea groups is 1. The smallest absolute Gasteiger partial charge is 0.311 e. The van der Waals surface area contributed by atoms with Gasteiger partial charge in [0.1, 0.15) is 6.54 Å². The minimum atomic E-state index is -0.295. The predicted octanol–water partition coefficient (Wildman–Crippen LogP) is 0.800. The van der Waals surface area contributed by atoms with Gasteiger partial charge in [0, 0.05) is 6.54 Å². The Balaban J connectivity index is 2.03. The maximum Gasteiger partial charge on any atom is 0.324 e. The molecule has 3 amide bonds. The van der Waals surface area contributed by atoms with Crippen molar-refractivity contribution in [1.82, 2.24) is 10.2 Å². The summed E-state index contributed by atoms with van der Waals surface area (Å²) in [7, 11) is 0. The Morgan fingerprint density at radius 1 is 1.54 bits per heavy atom. The highest BCUT2D eigenvalue weighted by molar-refractivity contribution is 7.07. The number of rotatable bonds is 2. The Labute approximate surface area is 79.2 Å². The molecule has 1 aromatic heterocycles. The minimum absolute atomic E-state index is 0.175. The molecule has 1 aliphatic rings. The van der Waals surface area contributed by atoms with Gasteiger partial charge >= 0.3 is 6.03 Å². The van der Waals surface area contributed by atoms with E-state index in [1.54, 1.807) is 11.3 Å². The lowest BCUT2D eigenvalue weighted by molar-refractivity contribution is -0.118. The molecule has 0 unspecified atom stereocenters. The van der Waals surface area contributed by atoms with Gasteiger partial charge in [0.15, 0.2) is 0 Å². The van der Waals surface area contributed by atoms with Crippen molar-refractivity contribution in [3.63, 3.8) is 0 Å². The third kappa shape index (κ3) is 1.70. The van der Waals surface area contributed by atoms with Crippen LogP contribution in [0.15, 0.2) is 16.8 Å². The minimum Gasteiger partial charge on any atom is -0.311 e. The van der Waals surface area contributed by atoms with Crippen molar-refractivity contribution < 1.29 is 9.59 Å².